The molecule has 1 nitrogen and oxygen atoms in total. The van der Waals surface area contributed by atoms with Gasteiger partial charge < -0.3 is 0 Å². The summed E-state index contributed by atoms with van der Waals surface area (Å²) in [5.74, 6) is 1.21. The zero-order valence-electron chi connectivity index (χ0n) is 7.16. The molecule has 1 aromatic heterocycles. The van der Waals surface area contributed by atoms with Gasteiger partial charge in [-0.25, -0.2) is 0 Å². The first-order valence-electron chi connectivity index (χ1n) is 4.44. The molecule has 0 saturated heterocycles. The van der Waals surface area contributed by atoms with Crippen molar-refractivity contribution in [2.45, 2.75) is 11.3 Å². The predicted molar refractivity (Wildman–Crippen MR) is 56.2 cm³/mol. The minimum Gasteiger partial charge on any atom is -0.256 e. The lowest BCUT2D eigenvalue weighted by molar-refractivity contribution is 1.13. The van der Waals surface area contributed by atoms with Crippen molar-refractivity contribution < 1.29 is 0 Å². The van der Waals surface area contributed by atoms with E-state index in [1.165, 1.54) is 28.0 Å². The number of rotatable bonds is 0. The molecule has 0 atom stereocenters. The third-order valence-corrected chi connectivity index (χ3v) is 3.60. The maximum atomic E-state index is 4.44. The van der Waals surface area contributed by atoms with Crippen LogP contribution >= 0.6 is 11.8 Å². The van der Waals surface area contributed by atoms with E-state index in [2.05, 4.69) is 23.2 Å². The minimum absolute atomic E-state index is 1.12. The van der Waals surface area contributed by atoms with Crippen LogP contribution in [0.25, 0.3) is 10.9 Å². The van der Waals surface area contributed by atoms with Crippen LogP contribution in [0.3, 0.4) is 0 Å². The standard InChI is InChI=1S/C11H9NS/c1-2-4-10-9(3-1)11-8(7-12-10)5-6-13-11/h1-4,7H,5-6H2. The number of pyridine rings is 1. The average molecular weight is 187 g/mol. The molecule has 0 saturated carbocycles. The van der Waals surface area contributed by atoms with E-state index in [1.54, 1.807) is 0 Å². The predicted octanol–water partition coefficient (Wildman–Crippen LogP) is 2.88. The minimum atomic E-state index is 1.12. The molecule has 1 aromatic carbocycles. The van der Waals surface area contributed by atoms with Gasteiger partial charge in [-0.3, -0.25) is 4.98 Å². The molecule has 0 aliphatic carbocycles. The lowest BCUT2D eigenvalue weighted by Crippen LogP contribution is -1.85. The quantitative estimate of drug-likeness (QED) is 0.629. The summed E-state index contributed by atoms with van der Waals surface area (Å²) in [4.78, 5) is 5.89. The summed E-state index contributed by atoms with van der Waals surface area (Å²) in [6.45, 7) is 0. The average Bonchev–Trinajstić information content (AvgIpc) is 2.65. The molecule has 3 rings (SSSR count). The van der Waals surface area contributed by atoms with Crippen molar-refractivity contribution in [1.29, 1.82) is 0 Å². The van der Waals surface area contributed by atoms with Gasteiger partial charge in [0.25, 0.3) is 0 Å². The van der Waals surface area contributed by atoms with Crippen molar-refractivity contribution in [3.63, 3.8) is 0 Å². The second-order valence-corrected chi connectivity index (χ2v) is 4.33. The SMILES string of the molecule is c1ccc2c3c(cnc2c1)CCS3. The van der Waals surface area contributed by atoms with Gasteiger partial charge in [-0.15, -0.1) is 11.8 Å². The maximum Gasteiger partial charge on any atom is 0.0713 e. The van der Waals surface area contributed by atoms with Crippen LogP contribution < -0.4 is 0 Å². The third kappa shape index (κ3) is 1.05. The van der Waals surface area contributed by atoms with Crippen LogP contribution in [0.15, 0.2) is 35.4 Å². The summed E-state index contributed by atoms with van der Waals surface area (Å²) >= 11 is 1.96. The van der Waals surface area contributed by atoms with Gasteiger partial charge in [0, 0.05) is 22.2 Å². The summed E-state index contributed by atoms with van der Waals surface area (Å²) in [7, 11) is 0. The van der Waals surface area contributed by atoms with Crippen molar-refractivity contribution in [2.24, 2.45) is 0 Å². The van der Waals surface area contributed by atoms with E-state index >= 15 is 0 Å². The number of aromatic nitrogens is 1. The second-order valence-electron chi connectivity index (χ2n) is 3.23. The van der Waals surface area contributed by atoms with Crippen LogP contribution in [-0.2, 0) is 6.42 Å². The Kier molecular flexibility index (Phi) is 1.56. The molecule has 1 aliphatic heterocycles. The molecule has 0 fully saturated rings. The molecule has 2 aromatic rings. The van der Waals surface area contributed by atoms with Crippen LogP contribution in [0.4, 0.5) is 0 Å². The molecule has 0 N–H and O–H groups in total. The Bertz CT molecular complexity index is 465. The highest BCUT2D eigenvalue weighted by molar-refractivity contribution is 7.99. The lowest BCUT2D eigenvalue weighted by Gasteiger charge is -2.02. The van der Waals surface area contributed by atoms with Gasteiger partial charge in [0.2, 0.25) is 0 Å². The van der Waals surface area contributed by atoms with Gasteiger partial charge in [-0.05, 0) is 18.1 Å². The largest absolute Gasteiger partial charge is 0.256 e. The Hall–Kier alpha value is -1.02. The highest BCUT2D eigenvalue weighted by Crippen LogP contribution is 2.35. The summed E-state index contributed by atoms with van der Waals surface area (Å²) in [6.07, 6.45) is 3.20. The Morgan fingerprint density at radius 1 is 1.23 bits per heavy atom. The molecule has 13 heavy (non-hydrogen) atoms. The van der Waals surface area contributed by atoms with E-state index in [4.69, 9.17) is 0 Å². The van der Waals surface area contributed by atoms with Crippen LogP contribution in [0.1, 0.15) is 5.56 Å². The first-order chi connectivity index (χ1) is 6.45. The first-order valence-corrected chi connectivity index (χ1v) is 5.43. The number of hydrogen-bond donors (Lipinski definition) is 0. The smallest absolute Gasteiger partial charge is 0.0713 e. The van der Waals surface area contributed by atoms with Gasteiger partial charge in [0.1, 0.15) is 0 Å². The van der Waals surface area contributed by atoms with Crippen LogP contribution in [0, 0.1) is 0 Å². The van der Waals surface area contributed by atoms with Gasteiger partial charge in [0.15, 0.2) is 0 Å². The zero-order chi connectivity index (χ0) is 8.67. The van der Waals surface area contributed by atoms with Crippen molar-refractivity contribution >= 4 is 22.7 Å². The van der Waals surface area contributed by atoms with Gasteiger partial charge in [-0.1, -0.05) is 18.2 Å². The summed E-state index contributed by atoms with van der Waals surface area (Å²) in [6, 6.07) is 8.37. The van der Waals surface area contributed by atoms with Crippen LogP contribution in [0.2, 0.25) is 0 Å². The second kappa shape index (κ2) is 2.74. The fraction of sp³-hybridized carbons (Fsp3) is 0.182. The Labute approximate surface area is 81.2 Å². The van der Waals surface area contributed by atoms with E-state index < -0.39 is 0 Å². The van der Waals surface area contributed by atoms with Crippen LogP contribution in [-0.4, -0.2) is 10.7 Å². The maximum absolute atomic E-state index is 4.44. The zero-order valence-corrected chi connectivity index (χ0v) is 7.97. The molecule has 0 bridgehead atoms. The number of nitrogens with zero attached hydrogens (tertiary/aromatic N) is 1. The molecule has 2 heterocycles. The van der Waals surface area contributed by atoms with Crippen molar-refractivity contribution in [2.75, 3.05) is 5.75 Å². The van der Waals surface area contributed by atoms with E-state index in [-0.39, 0.29) is 0 Å². The Balaban J connectivity index is 2.43. The molecule has 64 valence electrons. The molecule has 0 spiro atoms. The fourth-order valence-corrected chi connectivity index (χ4v) is 2.96. The third-order valence-electron chi connectivity index (χ3n) is 2.42. The monoisotopic (exact) mass is 187 g/mol. The summed E-state index contributed by atoms with van der Waals surface area (Å²) in [5, 5.41) is 1.32. The molecule has 0 unspecified atom stereocenters. The summed E-state index contributed by atoms with van der Waals surface area (Å²) < 4.78 is 0. The highest BCUT2D eigenvalue weighted by atomic mass is 32.2. The van der Waals surface area contributed by atoms with E-state index in [1.807, 2.05) is 24.0 Å². The number of hydrogen-bond acceptors (Lipinski definition) is 2. The normalized spacial score (nSPS) is 14.8. The van der Waals surface area contributed by atoms with Crippen molar-refractivity contribution in [1.82, 2.24) is 4.98 Å². The summed E-state index contributed by atoms with van der Waals surface area (Å²) in [5.41, 5.74) is 2.54. The van der Waals surface area contributed by atoms with Gasteiger partial charge in [-0.2, -0.15) is 0 Å². The molecule has 2 heteroatoms. The molecule has 0 radical (unpaired) electrons. The number of benzene rings is 1. The molecule has 0 amide bonds. The number of aryl methyl sites for hydroxylation is 1. The van der Waals surface area contributed by atoms with Gasteiger partial charge in [0.05, 0.1) is 5.52 Å². The number of fused-ring (bicyclic) bond motifs is 3. The van der Waals surface area contributed by atoms with Crippen molar-refractivity contribution in [3.05, 3.63) is 36.0 Å². The van der Waals surface area contributed by atoms with E-state index in [0.29, 0.717) is 0 Å². The van der Waals surface area contributed by atoms with E-state index in [0.717, 1.165) is 5.52 Å². The van der Waals surface area contributed by atoms with Crippen molar-refractivity contribution in [3.8, 4) is 0 Å². The lowest BCUT2D eigenvalue weighted by atomic mass is 10.1. The Morgan fingerprint density at radius 3 is 3.15 bits per heavy atom. The highest BCUT2D eigenvalue weighted by Gasteiger charge is 2.14. The number of para-hydroxylation sites is 1. The Morgan fingerprint density at radius 2 is 2.15 bits per heavy atom. The molecule has 1 aliphatic rings. The topological polar surface area (TPSA) is 12.9 Å². The first kappa shape index (κ1) is 7.39. The molecular weight excluding hydrogens is 178 g/mol. The van der Waals surface area contributed by atoms with Crippen LogP contribution in [0.5, 0.6) is 0 Å². The fourth-order valence-electron chi connectivity index (χ4n) is 1.77. The van der Waals surface area contributed by atoms with E-state index in [9.17, 15) is 0 Å². The number of thioether (sulfide) groups is 1. The van der Waals surface area contributed by atoms with Gasteiger partial charge >= 0.3 is 0 Å². The molecular formula is C11H9NS.